The fourth-order valence-corrected chi connectivity index (χ4v) is 2.71. The van der Waals surface area contributed by atoms with Crippen molar-refractivity contribution in [3.63, 3.8) is 0 Å². The molecular weight excluding hydrogens is 302 g/mol. The average molecular weight is 327 g/mol. The van der Waals surface area contributed by atoms with Crippen LogP contribution in [-0.4, -0.2) is 24.2 Å². The molecule has 1 unspecified atom stereocenters. The average Bonchev–Trinajstić information content (AvgIpc) is 2.59. The molecule has 0 amide bonds. The third-order valence-corrected chi connectivity index (χ3v) is 4.10. The van der Waals surface area contributed by atoms with Crippen LogP contribution in [0.15, 0.2) is 48.5 Å². The van der Waals surface area contributed by atoms with Crippen molar-refractivity contribution in [2.24, 2.45) is 0 Å². The predicted molar refractivity (Wildman–Crippen MR) is 95.4 cm³/mol. The van der Waals surface area contributed by atoms with Gasteiger partial charge in [0, 0.05) is 19.0 Å². The number of hydrogen-bond donors (Lipinski definition) is 2. The van der Waals surface area contributed by atoms with E-state index < -0.39 is 5.97 Å². The molecule has 2 aromatic rings. The molecule has 0 radical (unpaired) electrons. The van der Waals surface area contributed by atoms with Crippen molar-refractivity contribution in [2.75, 3.05) is 7.11 Å². The van der Waals surface area contributed by atoms with Gasteiger partial charge in [-0.25, -0.2) is 0 Å². The van der Waals surface area contributed by atoms with Crippen LogP contribution >= 0.6 is 0 Å². The highest BCUT2D eigenvalue weighted by Gasteiger charge is 2.12. The van der Waals surface area contributed by atoms with Crippen LogP contribution in [0.5, 0.6) is 5.75 Å². The first-order valence-corrected chi connectivity index (χ1v) is 8.21. The molecule has 0 saturated heterocycles. The number of aryl methyl sites for hydroxylation is 1. The number of carboxylic acid groups (broad SMARTS) is 1. The van der Waals surface area contributed by atoms with Gasteiger partial charge in [0.05, 0.1) is 7.11 Å². The Kier molecular flexibility index (Phi) is 6.82. The summed E-state index contributed by atoms with van der Waals surface area (Å²) in [5.74, 6) is 0.117. The highest BCUT2D eigenvalue weighted by atomic mass is 16.5. The zero-order valence-electron chi connectivity index (χ0n) is 14.3. The van der Waals surface area contributed by atoms with Crippen LogP contribution in [0.25, 0.3) is 0 Å². The van der Waals surface area contributed by atoms with Gasteiger partial charge in [0.25, 0.3) is 0 Å². The van der Waals surface area contributed by atoms with Gasteiger partial charge < -0.3 is 15.2 Å². The monoisotopic (exact) mass is 327 g/mol. The normalized spacial score (nSPS) is 11.9. The minimum absolute atomic E-state index is 0.121. The van der Waals surface area contributed by atoms with Gasteiger partial charge in [0.1, 0.15) is 5.75 Å². The van der Waals surface area contributed by atoms with Gasteiger partial charge in [0.15, 0.2) is 0 Å². The number of methoxy groups -OCH3 is 1. The Morgan fingerprint density at radius 3 is 2.58 bits per heavy atom. The molecule has 2 aromatic carbocycles. The largest absolute Gasteiger partial charge is 0.496 e. The van der Waals surface area contributed by atoms with Crippen LogP contribution in [-0.2, 0) is 17.8 Å². The molecule has 24 heavy (non-hydrogen) atoms. The lowest BCUT2D eigenvalue weighted by Gasteiger charge is -2.19. The number of rotatable bonds is 9. The van der Waals surface area contributed by atoms with Crippen LogP contribution in [0.3, 0.4) is 0 Å². The van der Waals surface area contributed by atoms with Gasteiger partial charge in [-0.05, 0) is 42.5 Å². The molecule has 128 valence electrons. The van der Waals surface area contributed by atoms with Crippen LogP contribution in [0, 0.1) is 6.92 Å². The second-order valence-corrected chi connectivity index (χ2v) is 6.00. The van der Waals surface area contributed by atoms with E-state index in [0.29, 0.717) is 13.0 Å². The standard InChI is InChI=1S/C20H25NO3/c1-15-8-9-17(13-19(15)24-2)14-21-18(10-11-20(22)23)12-16-6-4-3-5-7-16/h3-9,13,18,21H,10-12,14H2,1-2H3,(H,22,23). The van der Waals surface area contributed by atoms with Gasteiger partial charge in [-0.3, -0.25) is 4.79 Å². The lowest BCUT2D eigenvalue weighted by Crippen LogP contribution is -2.31. The lowest BCUT2D eigenvalue weighted by atomic mass is 10.0. The molecule has 0 saturated carbocycles. The summed E-state index contributed by atoms with van der Waals surface area (Å²) in [5, 5.41) is 12.5. The van der Waals surface area contributed by atoms with Crippen molar-refractivity contribution in [2.45, 2.75) is 38.8 Å². The van der Waals surface area contributed by atoms with Gasteiger partial charge in [-0.2, -0.15) is 0 Å². The molecule has 0 aliphatic rings. The molecule has 4 heteroatoms. The number of benzene rings is 2. The highest BCUT2D eigenvalue weighted by molar-refractivity contribution is 5.66. The summed E-state index contributed by atoms with van der Waals surface area (Å²) in [5.41, 5.74) is 3.45. The van der Waals surface area contributed by atoms with Crippen LogP contribution in [0.1, 0.15) is 29.5 Å². The lowest BCUT2D eigenvalue weighted by molar-refractivity contribution is -0.137. The second kappa shape index (κ2) is 9.08. The van der Waals surface area contributed by atoms with E-state index in [9.17, 15) is 4.79 Å². The molecule has 0 aromatic heterocycles. The van der Waals surface area contributed by atoms with Gasteiger partial charge >= 0.3 is 5.97 Å². The molecule has 2 N–H and O–H groups in total. The van der Waals surface area contributed by atoms with Crippen molar-refractivity contribution in [1.82, 2.24) is 5.32 Å². The molecule has 2 rings (SSSR count). The van der Waals surface area contributed by atoms with E-state index in [0.717, 1.165) is 23.3 Å². The van der Waals surface area contributed by atoms with Crippen molar-refractivity contribution >= 4 is 5.97 Å². The Labute approximate surface area is 143 Å². The molecule has 0 bridgehead atoms. The summed E-state index contributed by atoms with van der Waals surface area (Å²) < 4.78 is 5.36. The molecule has 0 spiro atoms. The van der Waals surface area contributed by atoms with E-state index in [1.54, 1.807) is 7.11 Å². The third kappa shape index (κ3) is 5.70. The maximum Gasteiger partial charge on any atom is 0.303 e. The topological polar surface area (TPSA) is 58.6 Å². The summed E-state index contributed by atoms with van der Waals surface area (Å²) in [7, 11) is 1.67. The summed E-state index contributed by atoms with van der Waals surface area (Å²) in [6.07, 6.45) is 1.59. The smallest absolute Gasteiger partial charge is 0.303 e. The van der Waals surface area contributed by atoms with E-state index in [4.69, 9.17) is 9.84 Å². The molecule has 1 atom stereocenters. The molecule has 0 fully saturated rings. The summed E-state index contributed by atoms with van der Waals surface area (Å²) in [6.45, 7) is 2.70. The van der Waals surface area contributed by atoms with Crippen molar-refractivity contribution in [1.29, 1.82) is 0 Å². The van der Waals surface area contributed by atoms with Gasteiger partial charge in [-0.15, -0.1) is 0 Å². The summed E-state index contributed by atoms with van der Waals surface area (Å²) in [4.78, 5) is 10.9. The van der Waals surface area contributed by atoms with E-state index in [1.807, 2.05) is 37.3 Å². The number of aliphatic carboxylic acids is 1. The first-order valence-electron chi connectivity index (χ1n) is 8.21. The van der Waals surface area contributed by atoms with Crippen LogP contribution in [0.2, 0.25) is 0 Å². The van der Waals surface area contributed by atoms with Gasteiger partial charge in [-0.1, -0.05) is 42.5 Å². The quantitative estimate of drug-likeness (QED) is 0.739. The van der Waals surface area contributed by atoms with Crippen LogP contribution in [0.4, 0.5) is 0 Å². The molecule has 4 nitrogen and oxygen atoms in total. The van der Waals surface area contributed by atoms with Crippen molar-refractivity contribution < 1.29 is 14.6 Å². The number of hydrogen-bond acceptors (Lipinski definition) is 3. The highest BCUT2D eigenvalue weighted by Crippen LogP contribution is 2.19. The maximum absolute atomic E-state index is 10.9. The number of carboxylic acids is 1. The Bertz CT molecular complexity index is 655. The Hall–Kier alpha value is -2.33. The van der Waals surface area contributed by atoms with E-state index in [1.165, 1.54) is 5.56 Å². The Morgan fingerprint density at radius 2 is 1.92 bits per heavy atom. The Balaban J connectivity index is 2.00. The molecule has 0 aliphatic heterocycles. The van der Waals surface area contributed by atoms with E-state index >= 15 is 0 Å². The number of nitrogens with one attached hydrogen (secondary N) is 1. The summed E-state index contributed by atoms with van der Waals surface area (Å²) >= 11 is 0. The molecule has 0 aliphatic carbocycles. The number of carbonyl (C=O) groups is 1. The van der Waals surface area contributed by atoms with Gasteiger partial charge in [0.2, 0.25) is 0 Å². The molecular formula is C20H25NO3. The minimum atomic E-state index is -0.758. The summed E-state index contributed by atoms with van der Waals surface area (Å²) in [6, 6.07) is 16.4. The zero-order valence-corrected chi connectivity index (χ0v) is 14.3. The fraction of sp³-hybridized carbons (Fsp3) is 0.350. The SMILES string of the molecule is COc1cc(CNC(CCC(=O)O)Cc2ccccc2)ccc1C. The van der Waals surface area contributed by atoms with Crippen molar-refractivity contribution in [3.8, 4) is 5.75 Å². The predicted octanol–water partition coefficient (Wildman–Crippen LogP) is 3.57. The third-order valence-electron chi connectivity index (χ3n) is 4.10. The maximum atomic E-state index is 10.9. The van der Waals surface area contributed by atoms with E-state index in [-0.39, 0.29) is 12.5 Å². The van der Waals surface area contributed by atoms with E-state index in [2.05, 4.69) is 23.5 Å². The fourth-order valence-electron chi connectivity index (χ4n) is 2.71. The van der Waals surface area contributed by atoms with Crippen molar-refractivity contribution in [3.05, 3.63) is 65.2 Å². The minimum Gasteiger partial charge on any atom is -0.496 e. The van der Waals surface area contributed by atoms with Crippen LogP contribution < -0.4 is 10.1 Å². The first kappa shape index (κ1) is 18.0. The molecule has 0 heterocycles. The number of ether oxygens (including phenoxy) is 1. The Morgan fingerprint density at radius 1 is 1.17 bits per heavy atom. The second-order valence-electron chi connectivity index (χ2n) is 6.00. The first-order chi connectivity index (χ1) is 11.6. The zero-order chi connectivity index (χ0) is 17.4.